The molecule has 0 saturated heterocycles. The van der Waals surface area contributed by atoms with Gasteiger partial charge in [-0.05, 0) is 43.3 Å². The minimum Gasteiger partial charge on any atom is -0.493 e. The Morgan fingerprint density at radius 1 is 0.923 bits per heavy atom. The van der Waals surface area contributed by atoms with E-state index in [1.54, 1.807) is 56.5 Å². The average Bonchev–Trinajstić information content (AvgIpc) is 2.66. The summed E-state index contributed by atoms with van der Waals surface area (Å²) in [5, 5.41) is 5.77. The standard InChI is InChI=1S/C19H22N2O5/c1-4-26-19(23)13-5-7-14(8-6-13)20-12-18(22)21-15-9-10-16(24-2)17(11-15)25-3/h5-11,20H,4,12H2,1-3H3,(H,21,22). The van der Waals surface area contributed by atoms with Crippen LogP contribution in [0, 0.1) is 0 Å². The third-order valence-electron chi connectivity index (χ3n) is 3.52. The van der Waals surface area contributed by atoms with Crippen LogP contribution < -0.4 is 20.1 Å². The lowest BCUT2D eigenvalue weighted by molar-refractivity contribution is -0.114. The Labute approximate surface area is 152 Å². The first-order valence-corrected chi connectivity index (χ1v) is 8.10. The van der Waals surface area contributed by atoms with E-state index in [2.05, 4.69) is 10.6 Å². The summed E-state index contributed by atoms with van der Waals surface area (Å²) in [6, 6.07) is 11.9. The van der Waals surface area contributed by atoms with Crippen molar-refractivity contribution in [3.63, 3.8) is 0 Å². The average molecular weight is 358 g/mol. The smallest absolute Gasteiger partial charge is 0.338 e. The van der Waals surface area contributed by atoms with Gasteiger partial charge in [0.1, 0.15) is 0 Å². The first-order valence-electron chi connectivity index (χ1n) is 8.10. The van der Waals surface area contributed by atoms with Gasteiger partial charge in [0.25, 0.3) is 0 Å². The Morgan fingerprint density at radius 2 is 1.58 bits per heavy atom. The molecule has 0 aliphatic rings. The zero-order valence-electron chi connectivity index (χ0n) is 15.0. The molecule has 2 aromatic rings. The normalized spacial score (nSPS) is 9.96. The molecule has 7 heteroatoms. The van der Waals surface area contributed by atoms with Crippen molar-refractivity contribution in [2.45, 2.75) is 6.92 Å². The molecule has 0 aromatic heterocycles. The molecule has 0 spiro atoms. The first kappa shape index (κ1) is 19.1. The van der Waals surface area contributed by atoms with E-state index in [0.717, 1.165) is 5.69 Å². The Bertz CT molecular complexity index is 759. The molecule has 0 atom stereocenters. The summed E-state index contributed by atoms with van der Waals surface area (Å²) in [5.74, 6) is 0.537. The molecule has 2 rings (SSSR count). The fourth-order valence-electron chi connectivity index (χ4n) is 2.24. The highest BCUT2D eigenvalue weighted by atomic mass is 16.5. The maximum Gasteiger partial charge on any atom is 0.338 e. The molecule has 0 heterocycles. The Balaban J connectivity index is 1.89. The van der Waals surface area contributed by atoms with E-state index in [1.807, 2.05) is 0 Å². The summed E-state index contributed by atoms with van der Waals surface area (Å²) < 4.78 is 15.3. The van der Waals surface area contributed by atoms with Gasteiger partial charge in [0, 0.05) is 17.4 Å². The van der Waals surface area contributed by atoms with Gasteiger partial charge in [-0.3, -0.25) is 4.79 Å². The highest BCUT2D eigenvalue weighted by molar-refractivity contribution is 5.94. The molecular weight excluding hydrogens is 336 g/mol. The van der Waals surface area contributed by atoms with E-state index in [-0.39, 0.29) is 18.4 Å². The van der Waals surface area contributed by atoms with E-state index in [4.69, 9.17) is 14.2 Å². The highest BCUT2D eigenvalue weighted by Crippen LogP contribution is 2.29. The van der Waals surface area contributed by atoms with Gasteiger partial charge >= 0.3 is 5.97 Å². The third-order valence-corrected chi connectivity index (χ3v) is 3.52. The Morgan fingerprint density at radius 3 is 2.19 bits per heavy atom. The van der Waals surface area contributed by atoms with Crippen LogP contribution >= 0.6 is 0 Å². The van der Waals surface area contributed by atoms with Crippen LogP contribution in [0.4, 0.5) is 11.4 Å². The molecule has 0 unspecified atom stereocenters. The zero-order valence-corrected chi connectivity index (χ0v) is 15.0. The van der Waals surface area contributed by atoms with Crippen molar-refractivity contribution in [2.24, 2.45) is 0 Å². The van der Waals surface area contributed by atoms with Crippen LogP contribution in [0.3, 0.4) is 0 Å². The van der Waals surface area contributed by atoms with Crippen molar-refractivity contribution >= 4 is 23.3 Å². The van der Waals surface area contributed by atoms with Gasteiger partial charge in [-0.15, -0.1) is 0 Å². The summed E-state index contributed by atoms with van der Waals surface area (Å²) in [6.07, 6.45) is 0. The number of esters is 1. The molecule has 1 amide bonds. The summed E-state index contributed by atoms with van der Waals surface area (Å²) in [4.78, 5) is 23.7. The predicted molar refractivity (Wildman–Crippen MR) is 99.1 cm³/mol. The quantitative estimate of drug-likeness (QED) is 0.706. The van der Waals surface area contributed by atoms with Crippen molar-refractivity contribution in [3.05, 3.63) is 48.0 Å². The number of benzene rings is 2. The van der Waals surface area contributed by atoms with Gasteiger partial charge < -0.3 is 24.8 Å². The first-order chi connectivity index (χ1) is 12.6. The van der Waals surface area contributed by atoms with E-state index in [0.29, 0.717) is 29.4 Å². The molecule has 0 fully saturated rings. The molecule has 0 saturated carbocycles. The number of nitrogens with one attached hydrogen (secondary N) is 2. The minimum absolute atomic E-state index is 0.0765. The second-order valence-corrected chi connectivity index (χ2v) is 5.27. The molecule has 0 aliphatic carbocycles. The van der Waals surface area contributed by atoms with Gasteiger partial charge in [-0.25, -0.2) is 4.79 Å². The maximum atomic E-state index is 12.1. The zero-order chi connectivity index (χ0) is 18.9. The van der Waals surface area contributed by atoms with Crippen molar-refractivity contribution in [1.82, 2.24) is 0 Å². The molecule has 0 aliphatic heterocycles. The molecule has 0 bridgehead atoms. The molecular formula is C19H22N2O5. The van der Waals surface area contributed by atoms with Crippen LogP contribution in [0.1, 0.15) is 17.3 Å². The van der Waals surface area contributed by atoms with Gasteiger partial charge in [0.05, 0.1) is 32.9 Å². The van der Waals surface area contributed by atoms with E-state index in [1.165, 1.54) is 7.11 Å². The van der Waals surface area contributed by atoms with E-state index >= 15 is 0 Å². The van der Waals surface area contributed by atoms with Crippen LogP contribution in [0.5, 0.6) is 11.5 Å². The van der Waals surface area contributed by atoms with E-state index < -0.39 is 0 Å². The topological polar surface area (TPSA) is 85.9 Å². The van der Waals surface area contributed by atoms with Gasteiger partial charge in [-0.1, -0.05) is 0 Å². The lowest BCUT2D eigenvalue weighted by atomic mass is 10.2. The number of carbonyl (C=O) groups is 2. The SMILES string of the molecule is CCOC(=O)c1ccc(NCC(=O)Nc2ccc(OC)c(OC)c2)cc1. The van der Waals surface area contributed by atoms with Gasteiger partial charge in [-0.2, -0.15) is 0 Å². The fraction of sp³-hybridized carbons (Fsp3) is 0.263. The molecule has 26 heavy (non-hydrogen) atoms. The minimum atomic E-state index is -0.370. The number of anilines is 2. The molecule has 0 radical (unpaired) electrons. The van der Waals surface area contributed by atoms with Crippen LogP contribution in [0.2, 0.25) is 0 Å². The Hall–Kier alpha value is -3.22. The van der Waals surface area contributed by atoms with Crippen LogP contribution in [-0.2, 0) is 9.53 Å². The lowest BCUT2D eigenvalue weighted by Gasteiger charge is -2.11. The number of hydrogen-bond donors (Lipinski definition) is 2. The fourth-order valence-corrected chi connectivity index (χ4v) is 2.24. The van der Waals surface area contributed by atoms with Crippen molar-refractivity contribution < 1.29 is 23.8 Å². The van der Waals surface area contributed by atoms with Crippen molar-refractivity contribution in [1.29, 1.82) is 0 Å². The monoisotopic (exact) mass is 358 g/mol. The number of rotatable bonds is 8. The molecule has 7 nitrogen and oxygen atoms in total. The maximum absolute atomic E-state index is 12.1. The predicted octanol–water partition coefficient (Wildman–Crippen LogP) is 2.93. The number of amides is 1. The molecule has 138 valence electrons. The van der Waals surface area contributed by atoms with Crippen molar-refractivity contribution in [3.8, 4) is 11.5 Å². The number of carbonyl (C=O) groups excluding carboxylic acids is 2. The summed E-state index contributed by atoms with van der Waals surface area (Å²) in [5.41, 5.74) is 1.79. The number of methoxy groups -OCH3 is 2. The largest absolute Gasteiger partial charge is 0.493 e. The second-order valence-electron chi connectivity index (χ2n) is 5.27. The van der Waals surface area contributed by atoms with E-state index in [9.17, 15) is 9.59 Å². The van der Waals surface area contributed by atoms with Gasteiger partial charge in [0.15, 0.2) is 11.5 Å². The summed E-state index contributed by atoms with van der Waals surface area (Å²) in [7, 11) is 3.08. The van der Waals surface area contributed by atoms with Crippen LogP contribution in [0.25, 0.3) is 0 Å². The third kappa shape index (κ3) is 5.14. The van der Waals surface area contributed by atoms with Crippen LogP contribution in [0.15, 0.2) is 42.5 Å². The number of hydrogen-bond acceptors (Lipinski definition) is 6. The van der Waals surface area contributed by atoms with Gasteiger partial charge in [0.2, 0.25) is 5.91 Å². The lowest BCUT2D eigenvalue weighted by Crippen LogP contribution is -2.21. The second kappa shape index (κ2) is 9.31. The Kier molecular flexibility index (Phi) is 6.84. The molecule has 2 aromatic carbocycles. The molecule has 2 N–H and O–H groups in total. The number of ether oxygens (including phenoxy) is 3. The summed E-state index contributed by atoms with van der Waals surface area (Å²) in [6.45, 7) is 2.16. The van der Waals surface area contributed by atoms with Crippen LogP contribution in [-0.4, -0.2) is 39.2 Å². The summed E-state index contributed by atoms with van der Waals surface area (Å²) >= 11 is 0. The highest BCUT2D eigenvalue weighted by Gasteiger charge is 2.08. The van der Waals surface area contributed by atoms with Crippen molar-refractivity contribution in [2.75, 3.05) is 38.0 Å².